The van der Waals surface area contributed by atoms with E-state index in [1.807, 2.05) is 32.9 Å². The molecule has 1 aromatic carbocycles. The number of carbonyl (C=O) groups excluding carboxylic acids is 1. The minimum Gasteiger partial charge on any atom is -0.452 e. The second-order valence-electron chi connectivity index (χ2n) is 5.39. The van der Waals surface area contributed by atoms with Gasteiger partial charge >= 0.3 is 5.97 Å². The van der Waals surface area contributed by atoms with Gasteiger partial charge < -0.3 is 4.74 Å². The Kier molecular flexibility index (Phi) is 5.44. The molecule has 0 spiro atoms. The van der Waals surface area contributed by atoms with Crippen LogP contribution in [0.15, 0.2) is 24.3 Å². The predicted octanol–water partition coefficient (Wildman–Crippen LogP) is 4.04. The fourth-order valence-corrected chi connectivity index (χ4v) is 2.03. The number of hydrogen-bond acceptors (Lipinski definition) is 2. The molecular formula is C16H19ClO2. The molecule has 0 saturated carbocycles. The molecule has 102 valence electrons. The molecule has 0 aliphatic carbocycles. The molecule has 0 radical (unpaired) electrons. The van der Waals surface area contributed by atoms with Crippen molar-refractivity contribution >= 4 is 17.6 Å². The van der Waals surface area contributed by atoms with Crippen LogP contribution >= 0.6 is 11.6 Å². The number of carbonyl (C=O) groups is 1. The van der Waals surface area contributed by atoms with Gasteiger partial charge in [0, 0.05) is 5.02 Å². The third-order valence-electron chi connectivity index (χ3n) is 2.77. The monoisotopic (exact) mass is 278 g/mol. The van der Waals surface area contributed by atoms with Crippen LogP contribution < -0.4 is 0 Å². The lowest BCUT2D eigenvalue weighted by molar-refractivity contribution is -0.146. The van der Waals surface area contributed by atoms with E-state index in [9.17, 15) is 4.79 Å². The van der Waals surface area contributed by atoms with E-state index >= 15 is 0 Å². The van der Waals surface area contributed by atoms with Crippen LogP contribution in [-0.4, -0.2) is 12.6 Å². The van der Waals surface area contributed by atoms with Crippen LogP contribution in [0.2, 0.25) is 5.02 Å². The van der Waals surface area contributed by atoms with E-state index in [0.29, 0.717) is 5.02 Å². The Morgan fingerprint density at radius 3 is 2.37 bits per heavy atom. The molecule has 0 heterocycles. The Morgan fingerprint density at radius 2 is 1.89 bits per heavy atom. The Labute approximate surface area is 120 Å². The highest BCUT2D eigenvalue weighted by atomic mass is 35.5. The molecule has 1 atom stereocenters. The molecular weight excluding hydrogens is 260 g/mol. The van der Waals surface area contributed by atoms with Crippen LogP contribution in [0.1, 0.15) is 39.2 Å². The maximum Gasteiger partial charge on any atom is 0.314 e. The maximum absolute atomic E-state index is 12.2. The zero-order valence-electron chi connectivity index (χ0n) is 11.8. The second kappa shape index (κ2) is 6.63. The molecule has 1 aromatic rings. The summed E-state index contributed by atoms with van der Waals surface area (Å²) in [6, 6.07) is 7.31. The van der Waals surface area contributed by atoms with Crippen molar-refractivity contribution in [3.8, 4) is 11.8 Å². The van der Waals surface area contributed by atoms with Gasteiger partial charge in [0.2, 0.25) is 0 Å². The number of halogens is 1. The van der Waals surface area contributed by atoms with E-state index in [-0.39, 0.29) is 23.9 Å². The number of esters is 1. The molecule has 0 bridgehead atoms. The van der Waals surface area contributed by atoms with Gasteiger partial charge in [-0.3, -0.25) is 4.79 Å². The van der Waals surface area contributed by atoms with Crippen LogP contribution in [0.4, 0.5) is 0 Å². The molecule has 0 amide bonds. The number of ether oxygens (including phenoxy) is 1. The summed E-state index contributed by atoms with van der Waals surface area (Å²) in [4.78, 5) is 12.2. The summed E-state index contributed by atoms with van der Waals surface area (Å²) in [6.45, 7) is 7.89. The fraction of sp³-hybridized carbons (Fsp3) is 0.438. The zero-order chi connectivity index (χ0) is 14.5. The Morgan fingerprint density at radius 1 is 1.32 bits per heavy atom. The van der Waals surface area contributed by atoms with Gasteiger partial charge in [0.15, 0.2) is 6.61 Å². The van der Waals surface area contributed by atoms with Crippen molar-refractivity contribution in [1.29, 1.82) is 0 Å². The topological polar surface area (TPSA) is 26.3 Å². The van der Waals surface area contributed by atoms with Gasteiger partial charge in [0.25, 0.3) is 0 Å². The van der Waals surface area contributed by atoms with Gasteiger partial charge in [-0.2, -0.15) is 0 Å². The van der Waals surface area contributed by atoms with Gasteiger partial charge in [0.05, 0.1) is 5.92 Å². The van der Waals surface area contributed by atoms with Gasteiger partial charge in [-0.25, -0.2) is 0 Å². The van der Waals surface area contributed by atoms with Crippen LogP contribution in [0.25, 0.3) is 0 Å². The molecule has 3 heteroatoms. The molecule has 1 rings (SSSR count). The first-order valence-electron chi connectivity index (χ1n) is 6.18. The van der Waals surface area contributed by atoms with E-state index in [2.05, 4.69) is 11.8 Å². The number of hydrogen-bond donors (Lipinski definition) is 0. The van der Waals surface area contributed by atoms with Gasteiger partial charge in [-0.15, -0.1) is 5.92 Å². The standard InChI is InChI=1S/C16H19ClO2/c1-5-6-11-19-15(18)14(16(2,3)4)12-7-9-13(17)10-8-12/h7-10,14H,11H2,1-4H3. The third kappa shape index (κ3) is 4.61. The van der Waals surface area contributed by atoms with Crippen molar-refractivity contribution in [2.24, 2.45) is 5.41 Å². The molecule has 0 aliphatic heterocycles. The molecule has 0 saturated heterocycles. The van der Waals surface area contributed by atoms with Crippen molar-refractivity contribution in [2.45, 2.75) is 33.6 Å². The van der Waals surface area contributed by atoms with E-state index in [1.54, 1.807) is 19.1 Å². The van der Waals surface area contributed by atoms with Crippen molar-refractivity contribution in [3.05, 3.63) is 34.9 Å². The fourth-order valence-electron chi connectivity index (χ4n) is 1.91. The summed E-state index contributed by atoms with van der Waals surface area (Å²) in [7, 11) is 0. The molecule has 19 heavy (non-hydrogen) atoms. The average Bonchev–Trinajstić information content (AvgIpc) is 2.30. The highest BCUT2D eigenvalue weighted by Crippen LogP contribution is 2.36. The van der Waals surface area contributed by atoms with Crippen LogP contribution in [0, 0.1) is 17.3 Å². The quantitative estimate of drug-likeness (QED) is 0.616. The summed E-state index contributed by atoms with van der Waals surface area (Å²) in [5.41, 5.74) is 0.677. The summed E-state index contributed by atoms with van der Waals surface area (Å²) in [5.74, 6) is 4.85. The molecule has 1 unspecified atom stereocenters. The SMILES string of the molecule is CC#CCOC(=O)C(c1ccc(Cl)cc1)C(C)(C)C. The Bertz CT molecular complexity index is 486. The molecule has 0 aromatic heterocycles. The second-order valence-corrected chi connectivity index (χ2v) is 5.82. The first-order chi connectivity index (χ1) is 8.86. The molecule has 0 N–H and O–H groups in total. The molecule has 2 nitrogen and oxygen atoms in total. The minimum absolute atomic E-state index is 0.134. The van der Waals surface area contributed by atoms with Crippen molar-refractivity contribution in [2.75, 3.05) is 6.61 Å². The van der Waals surface area contributed by atoms with Crippen molar-refractivity contribution in [1.82, 2.24) is 0 Å². The van der Waals surface area contributed by atoms with Crippen LogP contribution in [-0.2, 0) is 9.53 Å². The van der Waals surface area contributed by atoms with Crippen molar-refractivity contribution < 1.29 is 9.53 Å². The summed E-state index contributed by atoms with van der Waals surface area (Å²) in [5, 5.41) is 0.654. The van der Waals surface area contributed by atoms with Crippen LogP contribution in [0.3, 0.4) is 0 Å². The van der Waals surface area contributed by atoms with E-state index < -0.39 is 0 Å². The first kappa shape index (κ1) is 15.6. The number of benzene rings is 1. The van der Waals surface area contributed by atoms with Gasteiger partial charge in [0.1, 0.15) is 0 Å². The summed E-state index contributed by atoms with van der Waals surface area (Å²) in [6.07, 6.45) is 0. The summed E-state index contributed by atoms with van der Waals surface area (Å²) < 4.78 is 5.21. The first-order valence-corrected chi connectivity index (χ1v) is 6.55. The lowest BCUT2D eigenvalue weighted by Crippen LogP contribution is -2.28. The average molecular weight is 279 g/mol. The maximum atomic E-state index is 12.2. The minimum atomic E-state index is -0.330. The van der Waals surface area contributed by atoms with E-state index in [1.165, 1.54) is 0 Å². The zero-order valence-corrected chi connectivity index (χ0v) is 12.5. The van der Waals surface area contributed by atoms with Crippen LogP contribution in [0.5, 0.6) is 0 Å². The Balaban J connectivity index is 2.97. The smallest absolute Gasteiger partial charge is 0.314 e. The largest absolute Gasteiger partial charge is 0.452 e. The summed E-state index contributed by atoms with van der Waals surface area (Å²) >= 11 is 5.88. The highest BCUT2D eigenvalue weighted by molar-refractivity contribution is 6.30. The van der Waals surface area contributed by atoms with Crippen molar-refractivity contribution in [3.63, 3.8) is 0 Å². The molecule has 0 fully saturated rings. The highest BCUT2D eigenvalue weighted by Gasteiger charge is 2.34. The van der Waals surface area contributed by atoms with Gasteiger partial charge in [-0.05, 0) is 30.0 Å². The molecule has 0 aliphatic rings. The van der Waals surface area contributed by atoms with Gasteiger partial charge in [-0.1, -0.05) is 50.4 Å². The Hall–Kier alpha value is -1.46. The number of rotatable bonds is 3. The van der Waals surface area contributed by atoms with E-state index in [0.717, 1.165) is 5.56 Å². The van der Waals surface area contributed by atoms with E-state index in [4.69, 9.17) is 16.3 Å². The predicted molar refractivity (Wildman–Crippen MR) is 78.1 cm³/mol. The lowest BCUT2D eigenvalue weighted by Gasteiger charge is -2.29. The normalized spacial score (nSPS) is 12.3. The lowest BCUT2D eigenvalue weighted by atomic mass is 9.76. The third-order valence-corrected chi connectivity index (χ3v) is 3.02.